The van der Waals surface area contributed by atoms with Crippen LogP contribution in [0.4, 0.5) is 0 Å². The predicted molar refractivity (Wildman–Crippen MR) is 55.7 cm³/mol. The van der Waals surface area contributed by atoms with Crippen molar-refractivity contribution in [1.82, 2.24) is 9.97 Å². The number of nitrogens with zero attached hydrogens (tertiary/aromatic N) is 1. The third-order valence-electron chi connectivity index (χ3n) is 2.18. The largest absolute Gasteiger partial charge is 0.478 e. The second kappa shape index (κ2) is 3.36. The lowest BCUT2D eigenvalue weighted by Crippen LogP contribution is -2.06. The van der Waals surface area contributed by atoms with Gasteiger partial charge in [0.25, 0.3) is 0 Å². The minimum atomic E-state index is -0.950. The number of nitrogens with one attached hydrogen (secondary N) is 1. The van der Waals surface area contributed by atoms with E-state index in [-0.39, 0.29) is 11.6 Å². The molecule has 1 unspecified atom stereocenters. The van der Waals surface area contributed by atoms with Crippen molar-refractivity contribution < 1.29 is 9.90 Å². The fourth-order valence-corrected chi connectivity index (χ4v) is 1.38. The summed E-state index contributed by atoms with van der Waals surface area (Å²) >= 11 is 0. The number of aromatic nitrogens is 2. The highest BCUT2D eigenvalue weighted by Gasteiger charge is 2.09. The molecular formula is C10H11N3O2. The fraction of sp³-hybridized carbons (Fsp3) is 0.200. The van der Waals surface area contributed by atoms with Gasteiger partial charge in [0.1, 0.15) is 5.82 Å². The van der Waals surface area contributed by atoms with Gasteiger partial charge in [-0.05, 0) is 25.1 Å². The number of rotatable bonds is 2. The maximum Gasteiger partial charge on any atom is 0.335 e. The summed E-state index contributed by atoms with van der Waals surface area (Å²) in [6.07, 6.45) is 0. The summed E-state index contributed by atoms with van der Waals surface area (Å²) in [7, 11) is 0. The van der Waals surface area contributed by atoms with Gasteiger partial charge in [-0.1, -0.05) is 0 Å². The molecule has 1 atom stereocenters. The van der Waals surface area contributed by atoms with Crippen LogP contribution in [0.5, 0.6) is 0 Å². The second-order valence-corrected chi connectivity index (χ2v) is 3.45. The van der Waals surface area contributed by atoms with E-state index in [1.54, 1.807) is 12.1 Å². The van der Waals surface area contributed by atoms with Gasteiger partial charge in [-0.15, -0.1) is 0 Å². The molecule has 0 spiro atoms. The van der Waals surface area contributed by atoms with E-state index in [9.17, 15) is 4.79 Å². The van der Waals surface area contributed by atoms with E-state index in [4.69, 9.17) is 10.8 Å². The molecule has 0 aliphatic carbocycles. The molecule has 0 bridgehead atoms. The quantitative estimate of drug-likeness (QED) is 0.688. The normalized spacial score (nSPS) is 12.9. The van der Waals surface area contributed by atoms with Crippen molar-refractivity contribution in [3.8, 4) is 0 Å². The van der Waals surface area contributed by atoms with Crippen LogP contribution in [0.25, 0.3) is 11.0 Å². The molecule has 0 saturated heterocycles. The van der Waals surface area contributed by atoms with Gasteiger partial charge < -0.3 is 15.8 Å². The Morgan fingerprint density at radius 3 is 2.93 bits per heavy atom. The Bertz CT molecular complexity index is 516. The lowest BCUT2D eigenvalue weighted by Gasteiger charge is -1.96. The summed E-state index contributed by atoms with van der Waals surface area (Å²) in [5.74, 6) is -0.290. The van der Waals surface area contributed by atoms with Crippen LogP contribution in [0, 0.1) is 0 Å². The van der Waals surface area contributed by atoms with Gasteiger partial charge >= 0.3 is 5.97 Å². The van der Waals surface area contributed by atoms with E-state index in [0.29, 0.717) is 11.3 Å². The van der Waals surface area contributed by atoms with Gasteiger partial charge in [0.05, 0.1) is 22.6 Å². The third kappa shape index (κ3) is 1.69. The van der Waals surface area contributed by atoms with E-state index < -0.39 is 5.97 Å². The molecule has 2 aromatic rings. The van der Waals surface area contributed by atoms with Gasteiger partial charge in [0.2, 0.25) is 0 Å². The number of aromatic carboxylic acids is 1. The summed E-state index contributed by atoms with van der Waals surface area (Å²) in [5, 5.41) is 8.80. The zero-order chi connectivity index (χ0) is 11.0. The van der Waals surface area contributed by atoms with E-state index in [1.165, 1.54) is 6.07 Å². The molecule has 1 heterocycles. The molecule has 2 rings (SSSR count). The lowest BCUT2D eigenvalue weighted by atomic mass is 10.2. The molecule has 1 aromatic heterocycles. The summed E-state index contributed by atoms with van der Waals surface area (Å²) in [6, 6.07) is 4.56. The van der Waals surface area contributed by atoms with Crippen LogP contribution in [-0.4, -0.2) is 21.0 Å². The predicted octanol–water partition coefficient (Wildman–Crippen LogP) is 1.28. The fourth-order valence-electron chi connectivity index (χ4n) is 1.38. The highest BCUT2D eigenvalue weighted by Crippen LogP contribution is 2.16. The summed E-state index contributed by atoms with van der Waals surface area (Å²) in [6.45, 7) is 1.82. The first kappa shape index (κ1) is 9.67. The van der Waals surface area contributed by atoms with Crippen LogP contribution in [0.2, 0.25) is 0 Å². The minimum Gasteiger partial charge on any atom is -0.478 e. The number of carboxylic acid groups (broad SMARTS) is 1. The van der Waals surface area contributed by atoms with E-state index in [0.717, 1.165) is 5.52 Å². The highest BCUT2D eigenvalue weighted by atomic mass is 16.4. The maximum absolute atomic E-state index is 10.7. The average molecular weight is 205 g/mol. The van der Waals surface area contributed by atoms with E-state index in [1.807, 2.05) is 6.92 Å². The van der Waals surface area contributed by atoms with Crippen LogP contribution in [0.15, 0.2) is 18.2 Å². The van der Waals surface area contributed by atoms with Crippen molar-refractivity contribution in [3.63, 3.8) is 0 Å². The topological polar surface area (TPSA) is 92.0 Å². The summed E-state index contributed by atoms with van der Waals surface area (Å²) in [5.41, 5.74) is 7.33. The van der Waals surface area contributed by atoms with Crippen molar-refractivity contribution in [2.75, 3.05) is 0 Å². The van der Waals surface area contributed by atoms with Crippen molar-refractivity contribution in [3.05, 3.63) is 29.6 Å². The van der Waals surface area contributed by atoms with Crippen LogP contribution in [-0.2, 0) is 0 Å². The van der Waals surface area contributed by atoms with Crippen molar-refractivity contribution in [2.24, 2.45) is 5.73 Å². The van der Waals surface area contributed by atoms with Crippen LogP contribution >= 0.6 is 0 Å². The number of fused-ring (bicyclic) bond motifs is 1. The molecule has 1 aromatic carbocycles. The zero-order valence-electron chi connectivity index (χ0n) is 8.19. The Morgan fingerprint density at radius 2 is 2.33 bits per heavy atom. The number of hydrogen-bond donors (Lipinski definition) is 3. The first-order chi connectivity index (χ1) is 7.08. The maximum atomic E-state index is 10.7. The molecule has 15 heavy (non-hydrogen) atoms. The Hall–Kier alpha value is -1.88. The van der Waals surface area contributed by atoms with Crippen LogP contribution in [0.1, 0.15) is 29.1 Å². The van der Waals surface area contributed by atoms with Crippen LogP contribution < -0.4 is 5.73 Å². The molecule has 5 heteroatoms. The van der Waals surface area contributed by atoms with Gasteiger partial charge in [-0.3, -0.25) is 0 Å². The molecule has 0 aliphatic heterocycles. The number of hydrogen-bond acceptors (Lipinski definition) is 3. The van der Waals surface area contributed by atoms with E-state index in [2.05, 4.69) is 9.97 Å². The van der Waals surface area contributed by atoms with Crippen molar-refractivity contribution >= 4 is 17.0 Å². The lowest BCUT2D eigenvalue weighted by molar-refractivity contribution is 0.0697. The molecule has 78 valence electrons. The Labute approximate surface area is 85.9 Å². The number of imidazole rings is 1. The number of aromatic amines is 1. The first-order valence-electron chi connectivity index (χ1n) is 4.56. The van der Waals surface area contributed by atoms with Gasteiger partial charge in [0, 0.05) is 0 Å². The van der Waals surface area contributed by atoms with Crippen molar-refractivity contribution in [2.45, 2.75) is 13.0 Å². The van der Waals surface area contributed by atoms with Gasteiger partial charge in [-0.2, -0.15) is 0 Å². The molecule has 0 radical (unpaired) electrons. The molecule has 4 N–H and O–H groups in total. The average Bonchev–Trinajstić information content (AvgIpc) is 2.59. The summed E-state index contributed by atoms with van der Waals surface area (Å²) < 4.78 is 0. The van der Waals surface area contributed by atoms with Crippen LogP contribution in [0.3, 0.4) is 0 Å². The Morgan fingerprint density at radius 1 is 1.60 bits per heavy atom. The van der Waals surface area contributed by atoms with Gasteiger partial charge in [0.15, 0.2) is 0 Å². The monoisotopic (exact) mass is 205 g/mol. The van der Waals surface area contributed by atoms with Gasteiger partial charge in [-0.25, -0.2) is 9.78 Å². The van der Waals surface area contributed by atoms with Crippen molar-refractivity contribution in [1.29, 1.82) is 0 Å². The number of nitrogens with two attached hydrogens (primary N) is 1. The first-order valence-corrected chi connectivity index (χ1v) is 4.56. The summed E-state index contributed by atoms with van der Waals surface area (Å²) in [4.78, 5) is 18.0. The van der Waals surface area contributed by atoms with E-state index >= 15 is 0 Å². The standard InChI is InChI=1S/C10H11N3O2/c1-5(11)9-12-7-3-2-6(10(14)15)4-8(7)13-9/h2-5H,11H2,1H3,(H,12,13)(H,14,15). The molecule has 5 nitrogen and oxygen atoms in total. The second-order valence-electron chi connectivity index (χ2n) is 3.45. The Kier molecular flexibility index (Phi) is 2.17. The number of H-pyrrole nitrogens is 1. The molecular weight excluding hydrogens is 194 g/mol. The molecule has 0 amide bonds. The highest BCUT2D eigenvalue weighted by molar-refractivity contribution is 5.92. The molecule has 0 saturated carbocycles. The number of benzene rings is 1. The molecule has 0 aliphatic rings. The SMILES string of the molecule is CC(N)c1nc2ccc(C(=O)O)cc2[nH]1. The Balaban J connectivity index is 2.57. The third-order valence-corrected chi connectivity index (χ3v) is 2.18. The number of carboxylic acids is 1. The zero-order valence-corrected chi connectivity index (χ0v) is 8.19. The smallest absolute Gasteiger partial charge is 0.335 e. The number of carbonyl (C=O) groups is 1. The molecule has 0 fully saturated rings. The minimum absolute atomic E-state index is 0.189.